The van der Waals surface area contributed by atoms with Gasteiger partial charge in [-0.3, -0.25) is 0 Å². The van der Waals surface area contributed by atoms with E-state index in [1.54, 1.807) is 13.8 Å². The van der Waals surface area contributed by atoms with Crippen LogP contribution in [-0.4, -0.2) is 27.7 Å². The third-order valence-corrected chi connectivity index (χ3v) is 3.35. The molecule has 21 heavy (non-hydrogen) atoms. The Morgan fingerprint density at radius 3 is 2.57 bits per heavy atom. The van der Waals surface area contributed by atoms with Crippen molar-refractivity contribution in [3.8, 4) is 0 Å². The molecule has 4 nitrogen and oxygen atoms in total. The van der Waals surface area contributed by atoms with Gasteiger partial charge in [0.15, 0.2) is 0 Å². The van der Waals surface area contributed by atoms with Crippen LogP contribution in [0.5, 0.6) is 0 Å². The average molecular weight is 300 g/mol. The molecule has 0 aliphatic heterocycles. The fraction of sp³-hybridized carbons (Fsp3) is 0.571. The molecule has 2 aromatic heterocycles. The Hall–Kier alpha value is -1.79. The normalized spacial score (nSPS) is 12.9. The van der Waals surface area contributed by atoms with Crippen LogP contribution in [0.3, 0.4) is 0 Å². The van der Waals surface area contributed by atoms with E-state index in [0.29, 0.717) is 11.5 Å². The molecule has 0 unspecified atom stereocenters. The van der Waals surface area contributed by atoms with Crippen molar-refractivity contribution < 1.29 is 13.2 Å². The van der Waals surface area contributed by atoms with Crippen molar-refractivity contribution >= 4 is 16.9 Å². The highest BCUT2D eigenvalue weighted by Crippen LogP contribution is 2.33. The first-order valence-electron chi connectivity index (χ1n) is 6.83. The molecule has 2 N–H and O–H groups in total. The Kier molecular flexibility index (Phi) is 4.11. The quantitative estimate of drug-likeness (QED) is 0.880. The van der Waals surface area contributed by atoms with Crippen LogP contribution in [-0.2, 0) is 6.42 Å². The lowest BCUT2D eigenvalue weighted by atomic mass is 9.89. The standard InChI is InChI=1S/C14H19F3N4/c1-4-9-5-18-11-10(9)12(21-8-20-11)19-7-13(2,3)6-14(15,16)17/h5,8H,4,6-7H2,1-3H3,(H2,18,19,20,21). The number of fused-ring (bicyclic) bond motifs is 1. The number of nitrogens with one attached hydrogen (secondary N) is 2. The van der Waals surface area contributed by atoms with Gasteiger partial charge >= 0.3 is 6.18 Å². The summed E-state index contributed by atoms with van der Waals surface area (Å²) in [6, 6.07) is 0. The molecule has 0 atom stereocenters. The number of nitrogens with zero attached hydrogens (tertiary/aromatic N) is 2. The Labute approximate surface area is 121 Å². The van der Waals surface area contributed by atoms with Crippen LogP contribution in [0.1, 0.15) is 32.8 Å². The number of aryl methyl sites for hydroxylation is 1. The highest BCUT2D eigenvalue weighted by Gasteiger charge is 2.36. The third kappa shape index (κ3) is 3.86. The maximum absolute atomic E-state index is 12.5. The van der Waals surface area contributed by atoms with Crippen molar-refractivity contribution in [2.45, 2.75) is 39.8 Å². The molecular weight excluding hydrogens is 281 g/mol. The number of H-pyrrole nitrogens is 1. The van der Waals surface area contributed by atoms with Gasteiger partial charge in [0.1, 0.15) is 17.8 Å². The van der Waals surface area contributed by atoms with E-state index in [1.807, 2.05) is 13.1 Å². The van der Waals surface area contributed by atoms with Crippen molar-refractivity contribution in [3.05, 3.63) is 18.1 Å². The molecule has 0 radical (unpaired) electrons. The van der Waals surface area contributed by atoms with Crippen LogP contribution in [0.4, 0.5) is 19.0 Å². The summed E-state index contributed by atoms with van der Waals surface area (Å²) in [5.74, 6) is 0.577. The molecular formula is C14H19F3N4. The van der Waals surface area contributed by atoms with Crippen molar-refractivity contribution in [1.82, 2.24) is 15.0 Å². The van der Waals surface area contributed by atoms with Crippen molar-refractivity contribution in [3.63, 3.8) is 0 Å². The summed E-state index contributed by atoms with van der Waals surface area (Å²) in [6.07, 6.45) is -0.958. The summed E-state index contributed by atoms with van der Waals surface area (Å²) < 4.78 is 37.6. The zero-order valence-electron chi connectivity index (χ0n) is 12.3. The molecule has 0 spiro atoms. The van der Waals surface area contributed by atoms with Gasteiger partial charge in [0, 0.05) is 12.7 Å². The fourth-order valence-electron chi connectivity index (χ4n) is 2.37. The van der Waals surface area contributed by atoms with E-state index in [0.717, 1.165) is 17.4 Å². The van der Waals surface area contributed by atoms with Gasteiger partial charge in [-0.1, -0.05) is 20.8 Å². The minimum atomic E-state index is -4.17. The van der Waals surface area contributed by atoms with Crippen LogP contribution >= 0.6 is 0 Å². The van der Waals surface area contributed by atoms with Crippen molar-refractivity contribution in [2.24, 2.45) is 5.41 Å². The first-order valence-corrected chi connectivity index (χ1v) is 6.83. The topological polar surface area (TPSA) is 53.6 Å². The van der Waals surface area contributed by atoms with Gasteiger partial charge in [-0.25, -0.2) is 9.97 Å². The molecule has 0 amide bonds. The van der Waals surface area contributed by atoms with E-state index in [-0.39, 0.29) is 6.54 Å². The van der Waals surface area contributed by atoms with Crippen LogP contribution < -0.4 is 5.32 Å². The monoisotopic (exact) mass is 300 g/mol. The number of hydrogen-bond acceptors (Lipinski definition) is 3. The Morgan fingerprint density at radius 1 is 1.24 bits per heavy atom. The second kappa shape index (κ2) is 5.54. The number of aromatic amines is 1. The van der Waals surface area contributed by atoms with E-state index in [9.17, 15) is 13.2 Å². The Bertz CT molecular complexity index is 616. The van der Waals surface area contributed by atoms with Gasteiger partial charge in [0.05, 0.1) is 11.8 Å². The van der Waals surface area contributed by atoms with Gasteiger partial charge in [0.2, 0.25) is 0 Å². The van der Waals surface area contributed by atoms with E-state index in [4.69, 9.17) is 0 Å². The molecule has 0 aromatic carbocycles. The molecule has 2 aromatic rings. The number of alkyl halides is 3. The summed E-state index contributed by atoms with van der Waals surface area (Å²) in [4.78, 5) is 11.3. The first-order chi connectivity index (χ1) is 9.72. The molecule has 0 aliphatic carbocycles. The Balaban J connectivity index is 2.19. The maximum Gasteiger partial charge on any atom is 0.389 e. The lowest BCUT2D eigenvalue weighted by molar-refractivity contribution is -0.152. The molecule has 0 saturated heterocycles. The minimum absolute atomic E-state index is 0.187. The fourth-order valence-corrected chi connectivity index (χ4v) is 2.37. The lowest BCUT2D eigenvalue weighted by Crippen LogP contribution is -2.29. The summed E-state index contributed by atoms with van der Waals surface area (Å²) in [6.45, 7) is 5.37. The van der Waals surface area contributed by atoms with Gasteiger partial charge < -0.3 is 10.3 Å². The average Bonchev–Trinajstić information content (AvgIpc) is 2.77. The Morgan fingerprint density at radius 2 is 1.95 bits per heavy atom. The largest absolute Gasteiger partial charge is 0.389 e. The van der Waals surface area contributed by atoms with E-state index in [1.165, 1.54) is 6.33 Å². The summed E-state index contributed by atoms with van der Waals surface area (Å²) in [7, 11) is 0. The zero-order valence-corrected chi connectivity index (χ0v) is 12.3. The van der Waals surface area contributed by atoms with Crippen LogP contribution in [0, 0.1) is 5.41 Å². The first kappa shape index (κ1) is 15.6. The summed E-state index contributed by atoms with van der Waals surface area (Å²) >= 11 is 0. The maximum atomic E-state index is 12.5. The second-order valence-electron chi connectivity index (χ2n) is 5.92. The predicted octanol–water partition coefficient (Wildman–Crippen LogP) is 3.91. The molecule has 0 aliphatic rings. The molecule has 7 heteroatoms. The van der Waals surface area contributed by atoms with Gasteiger partial charge in [-0.2, -0.15) is 13.2 Å². The predicted molar refractivity (Wildman–Crippen MR) is 76.2 cm³/mol. The zero-order chi connectivity index (χ0) is 15.7. The molecule has 0 bridgehead atoms. The molecule has 0 fully saturated rings. The summed E-state index contributed by atoms with van der Waals surface area (Å²) in [5.41, 5.74) is 0.831. The van der Waals surface area contributed by atoms with Crippen LogP contribution in [0.2, 0.25) is 0 Å². The highest BCUT2D eigenvalue weighted by atomic mass is 19.4. The number of halogens is 3. The number of anilines is 1. The summed E-state index contributed by atoms with van der Waals surface area (Å²) in [5, 5.41) is 3.89. The molecule has 2 heterocycles. The van der Waals surface area contributed by atoms with Crippen molar-refractivity contribution in [2.75, 3.05) is 11.9 Å². The number of aromatic nitrogens is 3. The number of rotatable bonds is 5. The highest BCUT2D eigenvalue weighted by molar-refractivity contribution is 5.90. The minimum Gasteiger partial charge on any atom is -0.369 e. The van der Waals surface area contributed by atoms with E-state index >= 15 is 0 Å². The SMILES string of the molecule is CCc1c[nH]c2ncnc(NCC(C)(C)CC(F)(F)F)c12. The smallest absolute Gasteiger partial charge is 0.369 e. The van der Waals surface area contributed by atoms with Crippen LogP contribution in [0.25, 0.3) is 11.0 Å². The lowest BCUT2D eigenvalue weighted by Gasteiger charge is -2.26. The van der Waals surface area contributed by atoms with Gasteiger partial charge in [-0.05, 0) is 17.4 Å². The second-order valence-corrected chi connectivity index (χ2v) is 5.92. The van der Waals surface area contributed by atoms with Gasteiger partial charge in [-0.15, -0.1) is 0 Å². The number of hydrogen-bond donors (Lipinski definition) is 2. The third-order valence-electron chi connectivity index (χ3n) is 3.35. The van der Waals surface area contributed by atoms with Crippen LogP contribution in [0.15, 0.2) is 12.5 Å². The molecule has 0 saturated carbocycles. The van der Waals surface area contributed by atoms with E-state index < -0.39 is 18.0 Å². The van der Waals surface area contributed by atoms with Gasteiger partial charge in [0.25, 0.3) is 0 Å². The molecule has 116 valence electrons. The van der Waals surface area contributed by atoms with E-state index in [2.05, 4.69) is 20.3 Å². The van der Waals surface area contributed by atoms with Crippen molar-refractivity contribution in [1.29, 1.82) is 0 Å². The molecule has 2 rings (SSSR count).